The lowest BCUT2D eigenvalue weighted by Crippen LogP contribution is -2.78. The van der Waals surface area contributed by atoms with Crippen molar-refractivity contribution in [1.29, 1.82) is 0 Å². The highest BCUT2D eigenvalue weighted by Crippen LogP contribution is 2.57. The van der Waals surface area contributed by atoms with Gasteiger partial charge in [0.2, 0.25) is 5.91 Å². The Morgan fingerprint density at radius 1 is 1.14 bits per heavy atom. The van der Waals surface area contributed by atoms with E-state index in [1.54, 1.807) is 6.92 Å². The van der Waals surface area contributed by atoms with Gasteiger partial charge in [-0.3, -0.25) is 33.7 Å². The summed E-state index contributed by atoms with van der Waals surface area (Å²) >= 11 is 1.50. The Hall–Kier alpha value is -3.09. The summed E-state index contributed by atoms with van der Waals surface area (Å²) in [5.74, 6) is -13.5. The van der Waals surface area contributed by atoms with Crippen LogP contribution in [0.1, 0.15) is 74.0 Å². The van der Waals surface area contributed by atoms with E-state index in [4.69, 9.17) is 10.5 Å². The molecule has 3 aliphatic carbocycles. The molecule has 12 heteroatoms. The van der Waals surface area contributed by atoms with E-state index in [0.29, 0.717) is 16.9 Å². The van der Waals surface area contributed by atoms with Gasteiger partial charge >= 0.3 is 5.97 Å². The van der Waals surface area contributed by atoms with E-state index in [1.165, 1.54) is 37.7 Å². The van der Waals surface area contributed by atoms with Crippen molar-refractivity contribution < 1.29 is 43.7 Å². The smallest absolute Gasteiger partial charge is 0.305 e. The maximum Gasteiger partial charge on any atom is 0.305 e. The summed E-state index contributed by atoms with van der Waals surface area (Å²) in [6.07, 6.45) is 0.339. The SMILES string of the molecule is CCC(=O)O[C@H]1[C@H]2C(C(=O)c3c(O)c(C(C)(C)C)cc(CSC)c3[C@@H]2C)C(=O)[C@]2(O)C(=O)C(C(N)=O)C(=O)[C@@H](N(C)C)[C@H]12. The molecule has 1 aromatic carbocycles. The molecule has 2 unspecified atom stereocenters. The molecule has 1 aromatic rings. The molecular formula is C31H40N2O9S. The minimum absolute atomic E-state index is 0.0730. The van der Waals surface area contributed by atoms with Crippen LogP contribution in [0.4, 0.5) is 0 Å². The predicted octanol–water partition coefficient (Wildman–Crippen LogP) is 1.52. The minimum atomic E-state index is -3.05. The van der Waals surface area contributed by atoms with E-state index in [1.807, 2.05) is 33.1 Å². The highest BCUT2D eigenvalue weighted by Gasteiger charge is 2.74. The van der Waals surface area contributed by atoms with Gasteiger partial charge in [0.25, 0.3) is 0 Å². The number of aliphatic hydroxyl groups is 1. The van der Waals surface area contributed by atoms with Gasteiger partial charge in [0.1, 0.15) is 11.9 Å². The van der Waals surface area contributed by atoms with Gasteiger partial charge in [-0.1, -0.05) is 40.7 Å². The van der Waals surface area contributed by atoms with Crippen LogP contribution in [0.3, 0.4) is 0 Å². The topological polar surface area (TPSA) is 181 Å². The van der Waals surface area contributed by atoms with E-state index in [9.17, 15) is 39.0 Å². The van der Waals surface area contributed by atoms with Crippen LogP contribution in [-0.4, -0.2) is 88.2 Å². The zero-order chi connectivity index (χ0) is 32.5. The molecule has 0 radical (unpaired) electrons. The first-order chi connectivity index (χ1) is 19.9. The number of aromatic hydroxyl groups is 1. The Kier molecular flexibility index (Phi) is 8.49. The zero-order valence-corrected chi connectivity index (χ0v) is 26.5. The van der Waals surface area contributed by atoms with Crippen LogP contribution >= 0.6 is 11.8 Å². The van der Waals surface area contributed by atoms with Crippen LogP contribution in [-0.2, 0) is 39.9 Å². The maximum absolute atomic E-state index is 14.5. The second-order valence-corrected chi connectivity index (χ2v) is 14.0. The van der Waals surface area contributed by atoms with Crippen molar-refractivity contribution in [3.8, 4) is 5.75 Å². The number of Topliss-reactive ketones (excluding diaryl/α,β-unsaturated/α-hetero) is 4. The molecule has 2 saturated carbocycles. The first-order valence-corrected chi connectivity index (χ1v) is 15.7. The van der Waals surface area contributed by atoms with Crippen LogP contribution in [0.15, 0.2) is 6.07 Å². The number of esters is 1. The number of phenolic OH excluding ortho intramolecular Hbond substituents is 1. The van der Waals surface area contributed by atoms with Gasteiger partial charge in [0.15, 0.2) is 34.7 Å². The minimum Gasteiger partial charge on any atom is -0.507 e. The number of likely N-dealkylation sites (N-methyl/N-ethyl adjacent to an activating group) is 1. The summed E-state index contributed by atoms with van der Waals surface area (Å²) in [7, 11) is 2.94. The molecule has 4 rings (SSSR count). The van der Waals surface area contributed by atoms with E-state index in [0.717, 1.165) is 5.56 Å². The first-order valence-electron chi connectivity index (χ1n) is 14.3. The van der Waals surface area contributed by atoms with Crippen LogP contribution in [0.2, 0.25) is 0 Å². The number of hydrogen-bond acceptors (Lipinski definition) is 11. The highest BCUT2D eigenvalue weighted by atomic mass is 32.2. The van der Waals surface area contributed by atoms with Gasteiger partial charge in [-0.2, -0.15) is 11.8 Å². The normalized spacial score (nSPS) is 32.3. The van der Waals surface area contributed by atoms with Crippen molar-refractivity contribution in [1.82, 2.24) is 4.90 Å². The number of phenols is 1. The molecule has 43 heavy (non-hydrogen) atoms. The molecule has 0 bridgehead atoms. The summed E-state index contributed by atoms with van der Waals surface area (Å²) in [6.45, 7) is 8.91. The lowest BCUT2D eigenvalue weighted by molar-refractivity contribution is -0.205. The fraction of sp³-hybridized carbons (Fsp3) is 0.613. The third-order valence-corrected chi connectivity index (χ3v) is 9.90. The number of amides is 1. The van der Waals surface area contributed by atoms with Crippen LogP contribution in [0, 0.1) is 23.7 Å². The van der Waals surface area contributed by atoms with Crippen molar-refractivity contribution in [3.63, 3.8) is 0 Å². The van der Waals surface area contributed by atoms with E-state index < -0.39 is 87.8 Å². The summed E-state index contributed by atoms with van der Waals surface area (Å²) in [5.41, 5.74) is 3.47. The molecular weight excluding hydrogens is 576 g/mol. The van der Waals surface area contributed by atoms with Crippen LogP contribution in [0.5, 0.6) is 5.75 Å². The summed E-state index contributed by atoms with van der Waals surface area (Å²) < 4.78 is 5.89. The molecule has 0 spiro atoms. The van der Waals surface area contributed by atoms with Gasteiger partial charge < -0.3 is 20.7 Å². The number of ether oxygens (including phenoxy) is 1. The molecule has 0 heterocycles. The van der Waals surface area contributed by atoms with Gasteiger partial charge in [0.05, 0.1) is 23.4 Å². The number of carbonyl (C=O) groups is 6. The second kappa shape index (κ2) is 11.1. The number of carbonyl (C=O) groups excluding carboxylic acids is 6. The number of fused-ring (bicyclic) bond motifs is 3. The summed E-state index contributed by atoms with van der Waals surface area (Å²) in [4.78, 5) is 82.9. The van der Waals surface area contributed by atoms with Crippen molar-refractivity contribution in [3.05, 3.63) is 28.3 Å². The lowest BCUT2D eigenvalue weighted by Gasteiger charge is -2.56. The Morgan fingerprint density at radius 3 is 2.23 bits per heavy atom. The van der Waals surface area contributed by atoms with Crippen molar-refractivity contribution in [2.24, 2.45) is 29.4 Å². The fourth-order valence-corrected chi connectivity index (χ4v) is 7.99. The lowest BCUT2D eigenvalue weighted by atomic mass is 9.49. The van der Waals surface area contributed by atoms with Gasteiger partial charge in [-0.15, -0.1) is 0 Å². The Labute approximate surface area is 254 Å². The summed E-state index contributed by atoms with van der Waals surface area (Å²) in [6, 6.07) is 0.419. The Bertz CT molecular complexity index is 1430. The number of nitrogens with zero attached hydrogens (tertiary/aromatic N) is 1. The third-order valence-electron chi connectivity index (χ3n) is 9.31. The first kappa shape index (κ1) is 32.8. The Morgan fingerprint density at radius 2 is 1.74 bits per heavy atom. The number of rotatable bonds is 6. The van der Waals surface area contributed by atoms with Crippen molar-refractivity contribution in [2.45, 2.75) is 75.9 Å². The predicted molar refractivity (Wildman–Crippen MR) is 158 cm³/mol. The maximum atomic E-state index is 14.5. The number of hydrogen-bond donors (Lipinski definition) is 3. The zero-order valence-electron chi connectivity index (χ0n) is 25.7. The number of nitrogens with two attached hydrogens (primary N) is 1. The fourth-order valence-electron chi connectivity index (χ4n) is 7.44. The number of ketones is 4. The average molecular weight is 617 g/mol. The quantitative estimate of drug-likeness (QED) is 0.311. The monoisotopic (exact) mass is 616 g/mol. The molecule has 2 fully saturated rings. The van der Waals surface area contributed by atoms with Gasteiger partial charge in [-0.25, -0.2) is 0 Å². The molecule has 234 valence electrons. The molecule has 0 saturated heterocycles. The molecule has 1 amide bonds. The standard InChI is InChI=1S/C31H40N2O9S/c1-9-15(34)42-26-17-12(2)16-13(11-43-8)10-14(30(3,4)5)23(35)18(16)24(36)19(17)27(38)31(41)21(26)22(33(6)7)25(37)20(28(31)39)29(32)40/h10,12,17,19-22,26,35,41H,9,11H2,1-8H3,(H2,32,40)/t12-,17+,19?,20?,21+,22-,26-,31-/m0/s1. The number of benzene rings is 1. The summed E-state index contributed by atoms with van der Waals surface area (Å²) in [5, 5.41) is 23.7. The van der Waals surface area contributed by atoms with Crippen molar-refractivity contribution >= 4 is 46.8 Å². The molecule has 0 aromatic heterocycles. The van der Waals surface area contributed by atoms with Gasteiger partial charge in [0, 0.05) is 23.7 Å². The molecule has 3 aliphatic rings. The van der Waals surface area contributed by atoms with E-state index >= 15 is 0 Å². The third kappa shape index (κ3) is 4.73. The van der Waals surface area contributed by atoms with E-state index in [-0.39, 0.29) is 17.7 Å². The largest absolute Gasteiger partial charge is 0.507 e. The van der Waals surface area contributed by atoms with Crippen LogP contribution in [0.25, 0.3) is 0 Å². The van der Waals surface area contributed by atoms with Crippen LogP contribution < -0.4 is 5.73 Å². The van der Waals surface area contributed by atoms with E-state index in [2.05, 4.69) is 0 Å². The molecule has 11 nitrogen and oxygen atoms in total. The highest BCUT2D eigenvalue weighted by molar-refractivity contribution is 7.97. The number of thioether (sulfide) groups is 1. The molecule has 4 N–H and O–H groups in total. The van der Waals surface area contributed by atoms with Gasteiger partial charge in [-0.05, 0) is 42.8 Å². The molecule has 8 atom stereocenters. The number of primary amides is 1. The second-order valence-electron chi connectivity index (χ2n) is 13.1. The Balaban J connectivity index is 2.09. The van der Waals surface area contributed by atoms with Crippen molar-refractivity contribution in [2.75, 3.05) is 20.4 Å². The molecule has 0 aliphatic heterocycles. The average Bonchev–Trinajstić information content (AvgIpc) is 2.90.